The fourth-order valence-corrected chi connectivity index (χ4v) is 9.92. The molecule has 0 saturated heterocycles. The van der Waals surface area contributed by atoms with Gasteiger partial charge in [0, 0.05) is 37.2 Å². The predicted molar refractivity (Wildman–Crippen MR) is 240 cm³/mol. The van der Waals surface area contributed by atoms with Crippen LogP contribution in [-0.2, 0) is 0 Å². The predicted octanol–water partition coefficient (Wildman–Crippen LogP) is 14.0. The minimum Gasteiger partial charge on any atom is -0.309 e. The number of hydrogen-bond acceptors (Lipinski definition) is 3. The Kier molecular flexibility index (Phi) is 7.06. The van der Waals surface area contributed by atoms with E-state index in [-0.39, 0.29) is 0 Å². The summed E-state index contributed by atoms with van der Waals surface area (Å²) in [6.45, 7) is 0. The van der Waals surface area contributed by atoms with Crippen LogP contribution in [0, 0.1) is 0 Å². The summed E-state index contributed by atoms with van der Waals surface area (Å²) in [5.74, 6) is 0.651. The first-order chi connectivity index (χ1) is 28.3. The van der Waals surface area contributed by atoms with Gasteiger partial charge in [-0.2, -0.15) is 0 Å². The maximum atomic E-state index is 5.65. The molecule has 0 aliphatic rings. The third-order valence-electron chi connectivity index (χ3n) is 11.4. The lowest BCUT2D eigenvalue weighted by Crippen LogP contribution is -2.04. The van der Waals surface area contributed by atoms with E-state index in [1.54, 1.807) is 11.3 Å². The van der Waals surface area contributed by atoms with Crippen LogP contribution >= 0.6 is 11.3 Å². The van der Waals surface area contributed by atoms with E-state index in [2.05, 4.69) is 203 Å². The van der Waals surface area contributed by atoms with Crippen LogP contribution in [0.3, 0.4) is 0 Å². The van der Waals surface area contributed by atoms with Gasteiger partial charge in [-0.25, -0.2) is 9.97 Å². The maximum Gasteiger partial charge on any atom is 0.235 e. The number of fused-ring (bicyclic) bond motifs is 9. The van der Waals surface area contributed by atoms with Crippen LogP contribution in [0.2, 0.25) is 0 Å². The summed E-state index contributed by atoms with van der Waals surface area (Å²) in [4.78, 5) is 11.2. The van der Waals surface area contributed by atoms with Crippen molar-refractivity contribution in [2.45, 2.75) is 0 Å². The summed E-state index contributed by atoms with van der Waals surface area (Å²) < 4.78 is 6.94. The van der Waals surface area contributed by atoms with Crippen LogP contribution < -0.4 is 0 Å². The Balaban J connectivity index is 1.17. The zero-order valence-corrected chi connectivity index (χ0v) is 31.5. The van der Waals surface area contributed by atoms with Crippen LogP contribution in [0.15, 0.2) is 194 Å². The molecule has 4 nitrogen and oxygen atoms in total. The first-order valence-corrected chi connectivity index (χ1v) is 20.1. The van der Waals surface area contributed by atoms with Crippen LogP contribution in [0.1, 0.15) is 0 Å². The van der Waals surface area contributed by atoms with E-state index < -0.39 is 0 Å². The largest absolute Gasteiger partial charge is 0.309 e. The van der Waals surface area contributed by atoms with E-state index in [1.165, 1.54) is 48.8 Å². The summed E-state index contributed by atoms with van der Waals surface area (Å²) >= 11 is 1.77. The molecule has 0 saturated carbocycles. The summed E-state index contributed by atoms with van der Waals surface area (Å²) in [6.07, 6.45) is 0. The average Bonchev–Trinajstić information content (AvgIpc) is 3.94. The Labute approximate surface area is 332 Å². The van der Waals surface area contributed by atoms with Crippen molar-refractivity contribution in [2.24, 2.45) is 0 Å². The molecule has 0 aliphatic heterocycles. The lowest BCUT2D eigenvalue weighted by Gasteiger charge is -2.15. The number of rotatable bonds is 5. The molecule has 5 heteroatoms. The van der Waals surface area contributed by atoms with Crippen molar-refractivity contribution in [3.63, 3.8) is 0 Å². The van der Waals surface area contributed by atoms with Gasteiger partial charge >= 0.3 is 0 Å². The molecule has 0 atom stereocenters. The van der Waals surface area contributed by atoms with Gasteiger partial charge in [0.25, 0.3) is 0 Å². The maximum absolute atomic E-state index is 5.65. The molecule has 57 heavy (non-hydrogen) atoms. The van der Waals surface area contributed by atoms with Gasteiger partial charge in [0.05, 0.1) is 43.7 Å². The van der Waals surface area contributed by atoms with Gasteiger partial charge in [0.1, 0.15) is 0 Å². The molecule has 0 radical (unpaired) electrons. The van der Waals surface area contributed by atoms with E-state index in [0.717, 1.165) is 54.4 Å². The number of benzene rings is 8. The highest BCUT2D eigenvalue weighted by Gasteiger charge is 2.23. The summed E-state index contributed by atoms with van der Waals surface area (Å²) in [5.41, 5.74) is 13.2. The molecule has 266 valence electrons. The molecule has 12 rings (SSSR count). The minimum absolute atomic E-state index is 0.651. The highest BCUT2D eigenvalue weighted by Crippen LogP contribution is 2.43. The van der Waals surface area contributed by atoms with Crippen LogP contribution in [0.5, 0.6) is 0 Å². The van der Waals surface area contributed by atoms with Crippen molar-refractivity contribution >= 4 is 75.3 Å². The average molecular weight is 745 g/mol. The molecule has 0 unspecified atom stereocenters. The van der Waals surface area contributed by atoms with Crippen molar-refractivity contribution in [1.82, 2.24) is 19.1 Å². The second kappa shape index (κ2) is 12.6. The molecular weight excluding hydrogens is 713 g/mol. The van der Waals surface area contributed by atoms with Gasteiger partial charge < -0.3 is 4.57 Å². The van der Waals surface area contributed by atoms with E-state index in [1.807, 2.05) is 0 Å². The van der Waals surface area contributed by atoms with Gasteiger partial charge in [-0.05, 0) is 70.8 Å². The van der Waals surface area contributed by atoms with E-state index in [0.29, 0.717) is 5.95 Å². The third kappa shape index (κ3) is 4.93. The van der Waals surface area contributed by atoms with E-state index >= 15 is 0 Å². The van der Waals surface area contributed by atoms with Crippen molar-refractivity contribution in [3.05, 3.63) is 194 Å². The molecule has 0 N–H and O–H groups in total. The van der Waals surface area contributed by atoms with Crippen molar-refractivity contribution < 1.29 is 0 Å². The quantitative estimate of drug-likeness (QED) is 0.176. The zero-order chi connectivity index (χ0) is 37.5. The Morgan fingerprint density at radius 1 is 0.368 bits per heavy atom. The smallest absolute Gasteiger partial charge is 0.235 e. The Morgan fingerprint density at radius 3 is 1.51 bits per heavy atom. The van der Waals surface area contributed by atoms with Crippen LogP contribution in [-0.4, -0.2) is 19.1 Å². The number of hydrogen-bond donors (Lipinski definition) is 0. The van der Waals surface area contributed by atoms with Gasteiger partial charge in [-0.15, -0.1) is 11.3 Å². The van der Waals surface area contributed by atoms with Gasteiger partial charge in [0.15, 0.2) is 0 Å². The Morgan fingerprint density at radius 2 is 0.877 bits per heavy atom. The molecular formula is C52H32N4S. The lowest BCUT2D eigenvalue weighted by molar-refractivity contribution is 1.02. The topological polar surface area (TPSA) is 35.6 Å². The van der Waals surface area contributed by atoms with Crippen LogP contribution in [0.25, 0.3) is 109 Å². The number of aromatic nitrogens is 4. The molecule has 12 aromatic rings. The zero-order valence-electron chi connectivity index (χ0n) is 30.7. The van der Waals surface area contributed by atoms with Crippen molar-refractivity contribution in [3.8, 4) is 45.1 Å². The van der Waals surface area contributed by atoms with Crippen LogP contribution in [0.4, 0.5) is 0 Å². The van der Waals surface area contributed by atoms with Crippen molar-refractivity contribution in [2.75, 3.05) is 0 Å². The number of thiophene rings is 1. The normalized spacial score (nSPS) is 11.9. The fourth-order valence-electron chi connectivity index (χ4n) is 8.77. The van der Waals surface area contributed by atoms with E-state index in [4.69, 9.17) is 9.97 Å². The number of nitrogens with zero attached hydrogens (tertiary/aromatic N) is 4. The summed E-state index contributed by atoms with van der Waals surface area (Å²) in [5, 5.41) is 5.92. The Hall–Kier alpha value is -7.34. The minimum atomic E-state index is 0.651. The second-order valence-electron chi connectivity index (χ2n) is 14.6. The lowest BCUT2D eigenvalue weighted by atomic mass is 10.0. The molecule has 4 heterocycles. The molecule has 8 aromatic carbocycles. The van der Waals surface area contributed by atoms with Gasteiger partial charge in [-0.3, -0.25) is 4.57 Å². The fraction of sp³-hybridized carbons (Fsp3) is 0. The highest BCUT2D eigenvalue weighted by atomic mass is 32.1. The highest BCUT2D eigenvalue weighted by molar-refractivity contribution is 7.26. The first-order valence-electron chi connectivity index (χ1n) is 19.3. The monoisotopic (exact) mass is 744 g/mol. The second-order valence-corrected chi connectivity index (χ2v) is 15.6. The molecule has 0 aliphatic carbocycles. The standard InChI is InChI=1S/C52H32N4S/c1-3-15-33(16-4-1)35-27-29-46-41(31-35)42-32-36(34-17-5-2-6-18-34)28-30-47(42)56(46)52-53-49(51-50(54-52)40-22-10-14-26-48(40)57-51)39-21-9-13-25-45(39)55-43-23-11-7-19-37(43)38-20-8-12-24-44(38)55/h1-32H. The molecule has 4 aromatic heterocycles. The van der Waals surface area contributed by atoms with Crippen molar-refractivity contribution in [1.29, 1.82) is 0 Å². The molecule has 0 amide bonds. The molecule has 0 fully saturated rings. The Bertz CT molecular complexity index is 3370. The number of para-hydroxylation sites is 3. The SMILES string of the molecule is c1ccc(-c2ccc3c(c2)c2cc(-c4ccccc4)ccc2n3-c2nc(-c3ccccc3-n3c4ccccc4c4ccccc43)c3sc4ccccc4c3n2)cc1. The molecule has 0 bridgehead atoms. The molecule has 0 spiro atoms. The van der Waals surface area contributed by atoms with Gasteiger partial charge in [0.2, 0.25) is 5.95 Å². The summed E-state index contributed by atoms with van der Waals surface area (Å²) in [7, 11) is 0. The first kappa shape index (κ1) is 32.0. The van der Waals surface area contributed by atoms with Gasteiger partial charge in [-0.1, -0.05) is 146 Å². The van der Waals surface area contributed by atoms with E-state index in [9.17, 15) is 0 Å². The summed E-state index contributed by atoms with van der Waals surface area (Å²) in [6, 6.07) is 69.5. The third-order valence-corrected chi connectivity index (χ3v) is 12.5.